The van der Waals surface area contributed by atoms with Crippen molar-refractivity contribution in [2.24, 2.45) is 10.1 Å². The van der Waals surface area contributed by atoms with Crippen LogP contribution in [0, 0.1) is 13.8 Å². The van der Waals surface area contributed by atoms with E-state index in [4.69, 9.17) is 9.73 Å². The molecule has 1 aromatic heterocycles. The van der Waals surface area contributed by atoms with Gasteiger partial charge in [0.2, 0.25) is 4.80 Å². The summed E-state index contributed by atoms with van der Waals surface area (Å²) in [5, 5.41) is 16.9. The molecule has 0 aliphatic carbocycles. The number of phenols is 1. The van der Waals surface area contributed by atoms with Gasteiger partial charge in [-0.3, -0.25) is 4.99 Å². The lowest BCUT2D eigenvalue weighted by atomic mass is 10.1. The number of aryl methyl sites for hydroxylation is 2. The van der Waals surface area contributed by atoms with Crippen LogP contribution in [0.4, 0.5) is 0 Å². The number of hydrogen-bond acceptors (Lipinski definition) is 5. The maximum absolute atomic E-state index is 10.2. The molecule has 0 radical (unpaired) electrons. The Hall–Kier alpha value is -2.86. The number of thiazole rings is 1. The second kappa shape index (κ2) is 8.44. The number of methoxy groups -OCH3 is 1. The first-order chi connectivity index (χ1) is 13.4. The molecule has 0 amide bonds. The summed E-state index contributed by atoms with van der Waals surface area (Å²) in [6.07, 6.45) is 1.63. The summed E-state index contributed by atoms with van der Waals surface area (Å²) in [4.78, 5) is 5.50. The average Bonchev–Trinajstić information content (AvgIpc) is 3.05. The van der Waals surface area contributed by atoms with Gasteiger partial charge in [0.15, 0.2) is 0 Å². The first-order valence-corrected chi connectivity index (χ1v) is 10.0. The summed E-state index contributed by atoms with van der Waals surface area (Å²) in [6.45, 7) is 8.28. The molecule has 28 heavy (non-hydrogen) atoms. The number of rotatable bonds is 5. The van der Waals surface area contributed by atoms with Gasteiger partial charge in [-0.15, -0.1) is 11.3 Å². The van der Waals surface area contributed by atoms with E-state index in [9.17, 15) is 5.11 Å². The van der Waals surface area contributed by atoms with Gasteiger partial charge in [0.1, 0.15) is 11.5 Å². The Labute approximate surface area is 169 Å². The van der Waals surface area contributed by atoms with E-state index in [0.29, 0.717) is 11.3 Å². The van der Waals surface area contributed by atoms with Crippen molar-refractivity contribution in [3.63, 3.8) is 0 Å². The second-order valence-electron chi connectivity index (χ2n) is 6.91. The summed E-state index contributed by atoms with van der Waals surface area (Å²) in [7, 11) is 1.60. The lowest BCUT2D eigenvalue weighted by Crippen LogP contribution is -2.14. The van der Waals surface area contributed by atoms with Gasteiger partial charge in [0, 0.05) is 22.5 Å². The quantitative estimate of drug-likeness (QED) is 0.635. The highest BCUT2D eigenvalue weighted by molar-refractivity contribution is 7.07. The molecule has 0 atom stereocenters. The fourth-order valence-corrected chi connectivity index (χ4v) is 3.67. The molecule has 2 aromatic carbocycles. The van der Waals surface area contributed by atoms with Crippen molar-refractivity contribution in [2.45, 2.75) is 33.7 Å². The Kier molecular flexibility index (Phi) is 5.99. The zero-order chi connectivity index (χ0) is 20.3. The number of phenolic OH excluding ortho intramolecular Hbond substituents is 1. The van der Waals surface area contributed by atoms with Crippen LogP contribution in [0.25, 0.3) is 11.3 Å². The summed E-state index contributed by atoms with van der Waals surface area (Å²) in [5.74, 6) is 0.812. The van der Waals surface area contributed by atoms with E-state index in [2.05, 4.69) is 42.5 Å². The van der Waals surface area contributed by atoms with E-state index in [1.165, 1.54) is 11.1 Å². The Morgan fingerprint density at radius 3 is 2.57 bits per heavy atom. The largest absolute Gasteiger partial charge is 0.507 e. The Morgan fingerprint density at radius 1 is 1.11 bits per heavy atom. The number of aromatic nitrogens is 1. The van der Waals surface area contributed by atoms with Crippen molar-refractivity contribution < 1.29 is 9.84 Å². The lowest BCUT2D eigenvalue weighted by molar-refractivity contribution is 0.412. The smallest absolute Gasteiger partial charge is 0.206 e. The number of ether oxygens (including phenoxy) is 1. The minimum absolute atomic E-state index is 0.149. The molecule has 0 fully saturated rings. The van der Waals surface area contributed by atoms with Crippen molar-refractivity contribution in [2.75, 3.05) is 7.11 Å². The molecular formula is C22H25N3O2S. The van der Waals surface area contributed by atoms with Crippen LogP contribution in [0.15, 0.2) is 51.9 Å². The van der Waals surface area contributed by atoms with Gasteiger partial charge in [0.05, 0.1) is 19.0 Å². The fraction of sp³-hybridized carbons (Fsp3) is 0.273. The average molecular weight is 396 g/mol. The third-order valence-corrected chi connectivity index (χ3v) is 5.23. The van der Waals surface area contributed by atoms with Crippen molar-refractivity contribution in [3.05, 3.63) is 63.3 Å². The first kappa shape index (κ1) is 19.9. The van der Waals surface area contributed by atoms with Crippen LogP contribution in [0.3, 0.4) is 0 Å². The Morgan fingerprint density at radius 2 is 1.89 bits per heavy atom. The monoisotopic (exact) mass is 395 g/mol. The van der Waals surface area contributed by atoms with E-state index in [0.717, 1.165) is 16.1 Å². The van der Waals surface area contributed by atoms with Crippen LogP contribution in [0.2, 0.25) is 0 Å². The fourth-order valence-electron chi connectivity index (χ4n) is 2.70. The minimum atomic E-state index is 0.149. The molecule has 0 aliphatic rings. The van der Waals surface area contributed by atoms with Crippen LogP contribution in [0.1, 0.15) is 30.5 Å². The first-order valence-electron chi connectivity index (χ1n) is 9.12. The van der Waals surface area contributed by atoms with Gasteiger partial charge >= 0.3 is 0 Å². The molecule has 6 heteroatoms. The predicted octanol–water partition coefficient (Wildman–Crippen LogP) is 4.74. The van der Waals surface area contributed by atoms with E-state index >= 15 is 0 Å². The van der Waals surface area contributed by atoms with Gasteiger partial charge < -0.3 is 9.84 Å². The molecular weight excluding hydrogens is 370 g/mol. The SMILES string of the molecule is COc1ccc(O)c(C=Nn2c(-c3ccc(C)c(C)c3)csc2=NC(C)C)c1. The van der Waals surface area contributed by atoms with E-state index in [-0.39, 0.29) is 11.8 Å². The molecule has 5 nitrogen and oxygen atoms in total. The van der Waals surface area contributed by atoms with Gasteiger partial charge in [-0.05, 0) is 63.1 Å². The summed E-state index contributed by atoms with van der Waals surface area (Å²) in [6, 6.07) is 11.6. The molecule has 1 N–H and O–H groups in total. The van der Waals surface area contributed by atoms with Crippen molar-refractivity contribution in [3.8, 4) is 22.8 Å². The molecule has 3 aromatic rings. The zero-order valence-electron chi connectivity index (χ0n) is 16.8. The topological polar surface area (TPSA) is 59.1 Å². The summed E-state index contributed by atoms with van der Waals surface area (Å²) in [5.41, 5.74) is 5.11. The third-order valence-electron chi connectivity index (χ3n) is 4.40. The molecule has 0 bridgehead atoms. The van der Waals surface area contributed by atoms with E-state index < -0.39 is 0 Å². The number of hydrogen-bond donors (Lipinski definition) is 1. The number of nitrogens with zero attached hydrogens (tertiary/aromatic N) is 3. The molecule has 0 saturated heterocycles. The number of aromatic hydroxyl groups is 1. The van der Waals surface area contributed by atoms with Crippen LogP contribution in [-0.4, -0.2) is 29.1 Å². The Bertz CT molecular complexity index is 1080. The maximum atomic E-state index is 10.2. The summed E-state index contributed by atoms with van der Waals surface area (Å²) < 4.78 is 7.07. The van der Waals surface area contributed by atoms with Crippen LogP contribution >= 0.6 is 11.3 Å². The maximum Gasteiger partial charge on any atom is 0.206 e. The standard InChI is InChI=1S/C22H25N3O2S/c1-14(2)24-22-25(23-12-18-11-19(27-5)8-9-21(18)26)20(13-28-22)17-7-6-15(3)16(4)10-17/h6-14,26H,1-5H3. The molecule has 0 spiro atoms. The highest BCUT2D eigenvalue weighted by atomic mass is 32.1. The normalized spacial score (nSPS) is 12.3. The highest BCUT2D eigenvalue weighted by Crippen LogP contribution is 2.24. The second-order valence-corrected chi connectivity index (χ2v) is 7.74. The van der Waals surface area contributed by atoms with Crippen molar-refractivity contribution in [1.82, 2.24) is 4.68 Å². The van der Waals surface area contributed by atoms with Gasteiger partial charge in [-0.1, -0.05) is 12.1 Å². The highest BCUT2D eigenvalue weighted by Gasteiger charge is 2.09. The molecule has 1 heterocycles. The Balaban J connectivity index is 2.13. The van der Waals surface area contributed by atoms with Gasteiger partial charge in [-0.2, -0.15) is 5.10 Å². The summed E-state index contributed by atoms with van der Waals surface area (Å²) >= 11 is 1.55. The molecule has 0 saturated carbocycles. The third kappa shape index (κ3) is 4.34. The molecule has 0 aliphatic heterocycles. The number of benzene rings is 2. The van der Waals surface area contributed by atoms with Crippen LogP contribution in [-0.2, 0) is 0 Å². The van der Waals surface area contributed by atoms with E-state index in [1.54, 1.807) is 42.9 Å². The van der Waals surface area contributed by atoms with Crippen LogP contribution in [0.5, 0.6) is 11.5 Å². The molecule has 3 rings (SSSR count). The van der Waals surface area contributed by atoms with E-state index in [1.807, 2.05) is 18.5 Å². The lowest BCUT2D eigenvalue weighted by Gasteiger charge is -2.07. The van der Waals surface area contributed by atoms with Gasteiger partial charge in [-0.25, -0.2) is 4.68 Å². The molecule has 0 unspecified atom stereocenters. The minimum Gasteiger partial charge on any atom is -0.507 e. The zero-order valence-corrected chi connectivity index (χ0v) is 17.6. The van der Waals surface area contributed by atoms with Gasteiger partial charge in [0.25, 0.3) is 0 Å². The van der Waals surface area contributed by atoms with Crippen molar-refractivity contribution >= 4 is 17.6 Å². The van der Waals surface area contributed by atoms with Crippen molar-refractivity contribution in [1.29, 1.82) is 0 Å². The predicted molar refractivity (Wildman–Crippen MR) is 116 cm³/mol. The van der Waals surface area contributed by atoms with Crippen LogP contribution < -0.4 is 9.54 Å². The molecule has 146 valence electrons.